The maximum atomic E-state index is 11.5. The molecule has 0 bridgehead atoms. The summed E-state index contributed by atoms with van der Waals surface area (Å²) in [6.45, 7) is 7.07. The summed E-state index contributed by atoms with van der Waals surface area (Å²) >= 11 is 0. The summed E-state index contributed by atoms with van der Waals surface area (Å²) in [6.07, 6.45) is 1.73. The molecule has 0 aromatic rings. The Morgan fingerprint density at radius 2 is 2.36 bits per heavy atom. The van der Waals surface area contributed by atoms with Crippen LogP contribution >= 0.6 is 0 Å². The molecule has 0 aliphatic rings. The van der Waals surface area contributed by atoms with Gasteiger partial charge < -0.3 is 15.0 Å². The van der Waals surface area contributed by atoms with E-state index in [0.29, 0.717) is 19.7 Å². The molecule has 1 amide bonds. The Labute approximate surface area is 85.9 Å². The van der Waals surface area contributed by atoms with Gasteiger partial charge in [0.1, 0.15) is 0 Å². The van der Waals surface area contributed by atoms with E-state index in [-0.39, 0.29) is 11.9 Å². The fraction of sp³-hybridized carbons (Fsp3) is 0.700. The van der Waals surface area contributed by atoms with Crippen molar-refractivity contribution < 1.29 is 9.53 Å². The minimum atomic E-state index is 0.0661. The lowest BCUT2D eigenvalue weighted by atomic mass is 10.3. The van der Waals surface area contributed by atoms with Crippen molar-refractivity contribution in [1.82, 2.24) is 10.2 Å². The zero-order valence-corrected chi connectivity index (χ0v) is 9.25. The standard InChI is InChI=1S/C10H20N2O2/c1-5-6-11-7-10(13)12(3)9(2)8-14-4/h5,9,11H,1,6-8H2,2-4H3. The van der Waals surface area contributed by atoms with Crippen LogP contribution in [-0.4, -0.2) is 50.7 Å². The maximum absolute atomic E-state index is 11.5. The van der Waals surface area contributed by atoms with Crippen LogP contribution in [0.3, 0.4) is 0 Å². The number of methoxy groups -OCH3 is 1. The molecule has 0 aliphatic heterocycles. The average Bonchev–Trinajstić information content (AvgIpc) is 2.17. The van der Waals surface area contributed by atoms with E-state index in [1.165, 1.54) is 0 Å². The Bertz CT molecular complexity index is 183. The molecule has 0 rings (SSSR count). The summed E-state index contributed by atoms with van der Waals surface area (Å²) in [5.41, 5.74) is 0. The fourth-order valence-corrected chi connectivity index (χ4v) is 1.00. The highest BCUT2D eigenvalue weighted by molar-refractivity contribution is 5.78. The number of likely N-dealkylation sites (N-methyl/N-ethyl adjacent to an activating group) is 1. The Morgan fingerprint density at radius 1 is 1.71 bits per heavy atom. The normalized spacial score (nSPS) is 12.2. The predicted molar refractivity (Wildman–Crippen MR) is 57.2 cm³/mol. The van der Waals surface area contributed by atoms with Gasteiger partial charge in [-0.15, -0.1) is 6.58 Å². The van der Waals surface area contributed by atoms with Crippen molar-refractivity contribution in [2.24, 2.45) is 0 Å². The van der Waals surface area contributed by atoms with Crippen LogP contribution in [0.5, 0.6) is 0 Å². The molecule has 0 aromatic carbocycles. The van der Waals surface area contributed by atoms with Gasteiger partial charge in [-0.3, -0.25) is 4.79 Å². The molecular weight excluding hydrogens is 180 g/mol. The minimum Gasteiger partial charge on any atom is -0.383 e. The molecule has 4 nitrogen and oxygen atoms in total. The monoisotopic (exact) mass is 200 g/mol. The molecule has 0 aliphatic carbocycles. The second kappa shape index (κ2) is 7.53. The van der Waals surface area contributed by atoms with Crippen molar-refractivity contribution in [2.75, 3.05) is 33.9 Å². The van der Waals surface area contributed by atoms with Crippen LogP contribution in [0.4, 0.5) is 0 Å². The molecule has 1 N–H and O–H groups in total. The molecule has 82 valence electrons. The highest BCUT2D eigenvalue weighted by Crippen LogP contribution is 1.95. The molecule has 14 heavy (non-hydrogen) atoms. The maximum Gasteiger partial charge on any atom is 0.236 e. The molecule has 1 atom stereocenters. The van der Waals surface area contributed by atoms with Crippen molar-refractivity contribution in [1.29, 1.82) is 0 Å². The number of ether oxygens (including phenoxy) is 1. The largest absolute Gasteiger partial charge is 0.383 e. The number of hydrogen-bond donors (Lipinski definition) is 1. The third-order valence-electron chi connectivity index (χ3n) is 2.03. The van der Waals surface area contributed by atoms with E-state index in [4.69, 9.17) is 4.74 Å². The number of nitrogens with zero attached hydrogens (tertiary/aromatic N) is 1. The average molecular weight is 200 g/mol. The van der Waals surface area contributed by atoms with Gasteiger partial charge >= 0.3 is 0 Å². The van der Waals surface area contributed by atoms with Gasteiger partial charge in [-0.1, -0.05) is 6.08 Å². The van der Waals surface area contributed by atoms with Crippen LogP contribution in [-0.2, 0) is 9.53 Å². The van der Waals surface area contributed by atoms with Crippen LogP contribution in [0.2, 0.25) is 0 Å². The Balaban J connectivity index is 3.79. The lowest BCUT2D eigenvalue weighted by Crippen LogP contribution is -2.42. The van der Waals surface area contributed by atoms with Gasteiger partial charge in [-0.2, -0.15) is 0 Å². The number of rotatable bonds is 7. The number of nitrogens with one attached hydrogen (secondary N) is 1. The fourth-order valence-electron chi connectivity index (χ4n) is 1.00. The summed E-state index contributed by atoms with van der Waals surface area (Å²) in [5.74, 6) is 0.0661. The van der Waals surface area contributed by atoms with E-state index in [2.05, 4.69) is 11.9 Å². The van der Waals surface area contributed by atoms with Gasteiger partial charge in [-0.25, -0.2) is 0 Å². The molecule has 0 aromatic heterocycles. The molecular formula is C10H20N2O2. The van der Waals surface area contributed by atoms with Crippen molar-refractivity contribution >= 4 is 5.91 Å². The molecule has 0 fully saturated rings. The first-order valence-corrected chi connectivity index (χ1v) is 4.69. The third kappa shape index (κ3) is 4.99. The smallest absolute Gasteiger partial charge is 0.236 e. The predicted octanol–water partition coefficient (Wildman–Crippen LogP) is 0.255. The van der Waals surface area contributed by atoms with Gasteiger partial charge in [0, 0.05) is 20.7 Å². The van der Waals surface area contributed by atoms with Crippen LogP contribution in [0.1, 0.15) is 6.92 Å². The lowest BCUT2D eigenvalue weighted by Gasteiger charge is -2.24. The van der Waals surface area contributed by atoms with Crippen molar-refractivity contribution in [3.8, 4) is 0 Å². The van der Waals surface area contributed by atoms with Crippen molar-refractivity contribution in [3.63, 3.8) is 0 Å². The molecule has 0 saturated heterocycles. The summed E-state index contributed by atoms with van der Waals surface area (Å²) in [4.78, 5) is 13.2. The van der Waals surface area contributed by atoms with Crippen molar-refractivity contribution in [2.45, 2.75) is 13.0 Å². The zero-order chi connectivity index (χ0) is 11.0. The molecule has 0 spiro atoms. The van der Waals surface area contributed by atoms with E-state index in [1.54, 1.807) is 25.1 Å². The number of carbonyl (C=O) groups excluding carboxylic acids is 1. The highest BCUT2D eigenvalue weighted by atomic mass is 16.5. The molecule has 0 heterocycles. The van der Waals surface area contributed by atoms with E-state index >= 15 is 0 Å². The third-order valence-corrected chi connectivity index (χ3v) is 2.03. The minimum absolute atomic E-state index is 0.0661. The molecule has 4 heteroatoms. The first-order chi connectivity index (χ1) is 6.63. The van der Waals surface area contributed by atoms with Crippen LogP contribution in [0, 0.1) is 0 Å². The van der Waals surface area contributed by atoms with E-state index in [0.717, 1.165) is 0 Å². The second-order valence-electron chi connectivity index (χ2n) is 3.23. The van der Waals surface area contributed by atoms with Gasteiger partial charge in [0.15, 0.2) is 0 Å². The SMILES string of the molecule is C=CCNCC(=O)N(C)C(C)COC. The Kier molecular flexibility index (Phi) is 7.06. The van der Waals surface area contributed by atoms with Gasteiger partial charge in [-0.05, 0) is 6.92 Å². The van der Waals surface area contributed by atoms with Crippen LogP contribution in [0.15, 0.2) is 12.7 Å². The zero-order valence-electron chi connectivity index (χ0n) is 9.25. The van der Waals surface area contributed by atoms with Gasteiger partial charge in [0.05, 0.1) is 19.2 Å². The Morgan fingerprint density at radius 3 is 2.86 bits per heavy atom. The topological polar surface area (TPSA) is 41.6 Å². The quantitative estimate of drug-likeness (QED) is 0.473. The molecule has 0 saturated carbocycles. The first kappa shape index (κ1) is 13.1. The number of hydrogen-bond acceptors (Lipinski definition) is 3. The van der Waals surface area contributed by atoms with Crippen molar-refractivity contribution in [3.05, 3.63) is 12.7 Å². The van der Waals surface area contributed by atoms with E-state index in [1.807, 2.05) is 6.92 Å². The summed E-state index contributed by atoms with van der Waals surface area (Å²) < 4.78 is 4.97. The summed E-state index contributed by atoms with van der Waals surface area (Å²) in [6, 6.07) is 0.109. The second-order valence-corrected chi connectivity index (χ2v) is 3.23. The van der Waals surface area contributed by atoms with Gasteiger partial charge in [0.25, 0.3) is 0 Å². The highest BCUT2D eigenvalue weighted by Gasteiger charge is 2.14. The van der Waals surface area contributed by atoms with E-state index < -0.39 is 0 Å². The lowest BCUT2D eigenvalue weighted by molar-refractivity contribution is -0.131. The van der Waals surface area contributed by atoms with Crippen LogP contribution < -0.4 is 5.32 Å². The number of carbonyl (C=O) groups is 1. The summed E-state index contributed by atoms with van der Waals surface area (Å²) in [5, 5.41) is 2.96. The Hall–Kier alpha value is -0.870. The molecule has 1 unspecified atom stereocenters. The first-order valence-electron chi connectivity index (χ1n) is 4.69. The molecule has 0 radical (unpaired) electrons. The summed E-state index contributed by atoms with van der Waals surface area (Å²) in [7, 11) is 3.41. The number of amides is 1. The van der Waals surface area contributed by atoms with E-state index in [9.17, 15) is 4.79 Å². The van der Waals surface area contributed by atoms with Crippen LogP contribution in [0.25, 0.3) is 0 Å². The van der Waals surface area contributed by atoms with Gasteiger partial charge in [0.2, 0.25) is 5.91 Å².